The highest BCUT2D eigenvalue weighted by Gasteiger charge is 2.15. The summed E-state index contributed by atoms with van der Waals surface area (Å²) >= 11 is 0. The Morgan fingerprint density at radius 1 is 0.395 bits per heavy atom. The molecule has 7 rings (SSSR count). The normalized spacial score (nSPS) is 11.2. The molecule has 0 spiro atoms. The number of hydrogen-bond donors (Lipinski definition) is 1. The van der Waals surface area contributed by atoms with E-state index in [4.69, 9.17) is 4.42 Å². The molecule has 0 amide bonds. The van der Waals surface area contributed by atoms with Crippen molar-refractivity contribution in [2.75, 3.05) is 5.32 Å². The van der Waals surface area contributed by atoms with E-state index in [2.05, 4.69) is 145 Å². The quantitative estimate of drug-likeness (QED) is 0.261. The van der Waals surface area contributed by atoms with Gasteiger partial charge in [-0.3, -0.25) is 0 Å². The molecule has 1 aromatic heterocycles. The third-order valence-electron chi connectivity index (χ3n) is 7.08. The van der Waals surface area contributed by atoms with Crippen molar-refractivity contribution in [2.24, 2.45) is 0 Å². The molecular weight excluding hydrogens is 462 g/mol. The first-order chi connectivity index (χ1) is 18.8. The second-order valence-electron chi connectivity index (χ2n) is 9.45. The number of nitrogens with one attached hydrogen (secondary N) is 1. The maximum absolute atomic E-state index is 6.59. The lowest BCUT2D eigenvalue weighted by atomic mass is 9.94. The third-order valence-corrected chi connectivity index (χ3v) is 7.08. The maximum atomic E-state index is 6.59. The smallest absolute Gasteiger partial charge is 0.158 e. The molecule has 0 radical (unpaired) electrons. The average molecular weight is 488 g/mol. The Morgan fingerprint density at radius 2 is 0.947 bits per heavy atom. The Bertz CT molecular complexity index is 1870. The van der Waals surface area contributed by atoms with Gasteiger partial charge in [0, 0.05) is 22.0 Å². The summed E-state index contributed by atoms with van der Waals surface area (Å²) in [7, 11) is 0. The van der Waals surface area contributed by atoms with Gasteiger partial charge in [0.25, 0.3) is 0 Å². The molecule has 2 heteroatoms. The van der Waals surface area contributed by atoms with Crippen molar-refractivity contribution in [3.05, 3.63) is 146 Å². The van der Waals surface area contributed by atoms with E-state index < -0.39 is 0 Å². The lowest BCUT2D eigenvalue weighted by molar-refractivity contribution is 0.671. The molecule has 0 saturated heterocycles. The average Bonchev–Trinajstić information content (AvgIpc) is 3.38. The zero-order valence-electron chi connectivity index (χ0n) is 20.8. The van der Waals surface area contributed by atoms with Crippen molar-refractivity contribution in [1.29, 1.82) is 0 Å². The van der Waals surface area contributed by atoms with Gasteiger partial charge in [-0.25, -0.2) is 0 Å². The zero-order valence-corrected chi connectivity index (χ0v) is 20.8. The van der Waals surface area contributed by atoms with E-state index in [0.717, 1.165) is 44.4 Å². The Balaban J connectivity index is 1.35. The van der Waals surface area contributed by atoms with Crippen LogP contribution in [-0.2, 0) is 0 Å². The fourth-order valence-corrected chi connectivity index (χ4v) is 5.27. The van der Waals surface area contributed by atoms with Gasteiger partial charge < -0.3 is 9.73 Å². The van der Waals surface area contributed by atoms with Gasteiger partial charge in [0.15, 0.2) is 5.58 Å². The van der Waals surface area contributed by atoms with E-state index in [1.165, 1.54) is 22.3 Å². The van der Waals surface area contributed by atoms with E-state index in [-0.39, 0.29) is 0 Å². The summed E-state index contributed by atoms with van der Waals surface area (Å²) < 4.78 is 6.59. The first kappa shape index (κ1) is 22.1. The third kappa shape index (κ3) is 3.93. The molecule has 7 aromatic rings. The second kappa shape index (κ2) is 9.42. The van der Waals surface area contributed by atoms with Crippen LogP contribution >= 0.6 is 0 Å². The highest BCUT2D eigenvalue weighted by Crippen LogP contribution is 2.40. The number of furan rings is 1. The van der Waals surface area contributed by atoms with Crippen LogP contribution in [0.2, 0.25) is 0 Å². The van der Waals surface area contributed by atoms with Crippen molar-refractivity contribution >= 4 is 33.3 Å². The molecule has 0 fully saturated rings. The Morgan fingerprint density at radius 3 is 1.61 bits per heavy atom. The molecule has 0 atom stereocenters. The highest BCUT2D eigenvalue weighted by atomic mass is 16.3. The number of rotatable bonds is 5. The van der Waals surface area contributed by atoms with Crippen LogP contribution < -0.4 is 5.32 Å². The first-order valence-corrected chi connectivity index (χ1v) is 12.9. The standard InChI is InChI=1S/C36H25NO/c1-4-12-25(13-5-1)29-23-22-28(24-33(29)27-16-8-3-9-17-27)37-34-21-11-20-32-31-19-10-18-30(35(31)38-36(32)34)26-14-6-2-7-15-26/h1-24,37H. The Hall–Kier alpha value is -5.08. The minimum atomic E-state index is 0.860. The molecule has 1 heterocycles. The topological polar surface area (TPSA) is 25.2 Å². The van der Waals surface area contributed by atoms with Crippen LogP contribution in [0.1, 0.15) is 0 Å². The second-order valence-corrected chi connectivity index (χ2v) is 9.45. The number of anilines is 2. The summed E-state index contributed by atoms with van der Waals surface area (Å²) in [5.41, 5.74) is 10.8. The van der Waals surface area contributed by atoms with Crippen LogP contribution in [0.5, 0.6) is 0 Å². The fraction of sp³-hybridized carbons (Fsp3) is 0. The van der Waals surface area contributed by atoms with E-state index in [0.29, 0.717) is 0 Å². The first-order valence-electron chi connectivity index (χ1n) is 12.9. The Kier molecular flexibility index (Phi) is 5.49. The van der Waals surface area contributed by atoms with Crippen molar-refractivity contribution in [1.82, 2.24) is 0 Å². The van der Waals surface area contributed by atoms with Crippen molar-refractivity contribution in [3.8, 4) is 33.4 Å². The van der Waals surface area contributed by atoms with Gasteiger partial charge in [-0.15, -0.1) is 0 Å². The predicted octanol–water partition coefficient (Wildman–Crippen LogP) is 10.3. The molecule has 0 aliphatic carbocycles. The molecule has 2 nitrogen and oxygen atoms in total. The molecule has 0 aliphatic rings. The van der Waals surface area contributed by atoms with E-state index >= 15 is 0 Å². The summed E-state index contributed by atoms with van der Waals surface area (Å²) in [4.78, 5) is 0. The molecule has 6 aromatic carbocycles. The van der Waals surface area contributed by atoms with E-state index in [9.17, 15) is 0 Å². The number of hydrogen-bond acceptors (Lipinski definition) is 2. The lowest BCUT2D eigenvalue weighted by Crippen LogP contribution is -1.93. The summed E-state index contributed by atoms with van der Waals surface area (Å²) in [5.74, 6) is 0. The van der Waals surface area contributed by atoms with Gasteiger partial charge in [-0.2, -0.15) is 0 Å². The summed E-state index contributed by atoms with van der Waals surface area (Å²) in [6, 6.07) is 50.8. The molecule has 180 valence electrons. The summed E-state index contributed by atoms with van der Waals surface area (Å²) in [5, 5.41) is 5.89. The molecule has 38 heavy (non-hydrogen) atoms. The molecule has 0 aliphatic heterocycles. The summed E-state index contributed by atoms with van der Waals surface area (Å²) in [6.45, 7) is 0. The van der Waals surface area contributed by atoms with Crippen molar-refractivity contribution in [2.45, 2.75) is 0 Å². The van der Waals surface area contributed by atoms with Gasteiger partial charge in [-0.1, -0.05) is 127 Å². The number of para-hydroxylation sites is 2. The molecule has 0 bridgehead atoms. The fourth-order valence-electron chi connectivity index (χ4n) is 5.27. The highest BCUT2D eigenvalue weighted by molar-refractivity contribution is 6.12. The van der Waals surface area contributed by atoms with Gasteiger partial charge in [0.05, 0.1) is 5.69 Å². The van der Waals surface area contributed by atoms with Crippen molar-refractivity contribution in [3.63, 3.8) is 0 Å². The minimum absolute atomic E-state index is 0.860. The van der Waals surface area contributed by atoms with Crippen LogP contribution in [0, 0.1) is 0 Å². The van der Waals surface area contributed by atoms with Gasteiger partial charge in [0.2, 0.25) is 0 Å². The van der Waals surface area contributed by atoms with Crippen LogP contribution in [-0.4, -0.2) is 0 Å². The minimum Gasteiger partial charge on any atom is -0.453 e. The van der Waals surface area contributed by atoms with Crippen LogP contribution in [0.4, 0.5) is 11.4 Å². The van der Waals surface area contributed by atoms with Gasteiger partial charge in [0.1, 0.15) is 5.58 Å². The Labute approximate surface area is 221 Å². The predicted molar refractivity (Wildman–Crippen MR) is 160 cm³/mol. The monoisotopic (exact) mass is 487 g/mol. The van der Waals surface area contributed by atoms with Crippen LogP contribution in [0.25, 0.3) is 55.3 Å². The van der Waals surface area contributed by atoms with Crippen molar-refractivity contribution < 1.29 is 4.42 Å². The molecule has 0 saturated carbocycles. The molecule has 0 unspecified atom stereocenters. The van der Waals surface area contributed by atoms with Gasteiger partial charge >= 0.3 is 0 Å². The van der Waals surface area contributed by atoms with Crippen LogP contribution in [0.15, 0.2) is 150 Å². The SMILES string of the molecule is c1ccc(-c2ccc(Nc3cccc4c3oc3c(-c5ccccc5)cccc34)cc2-c2ccccc2)cc1. The number of fused-ring (bicyclic) bond motifs is 3. The summed E-state index contributed by atoms with van der Waals surface area (Å²) in [6.07, 6.45) is 0. The lowest BCUT2D eigenvalue weighted by Gasteiger charge is -2.14. The molecular formula is C36H25NO. The van der Waals surface area contributed by atoms with E-state index in [1.54, 1.807) is 0 Å². The maximum Gasteiger partial charge on any atom is 0.158 e. The molecule has 1 N–H and O–H groups in total. The van der Waals surface area contributed by atoms with Crippen LogP contribution in [0.3, 0.4) is 0 Å². The largest absolute Gasteiger partial charge is 0.453 e. The number of benzene rings is 6. The van der Waals surface area contributed by atoms with E-state index in [1.807, 2.05) is 6.07 Å². The zero-order chi connectivity index (χ0) is 25.3. The van der Waals surface area contributed by atoms with Gasteiger partial charge in [-0.05, 0) is 46.0 Å².